The van der Waals surface area contributed by atoms with Crippen LogP contribution in [0.1, 0.15) is 49.1 Å². The molecule has 0 aliphatic carbocycles. The topological polar surface area (TPSA) is 76.9 Å². The number of nitrogens with one attached hydrogen (secondary N) is 2. The molecule has 0 aromatic carbocycles. The summed E-state index contributed by atoms with van der Waals surface area (Å²) in [6.07, 6.45) is 4.66. The molecule has 1 unspecified atom stereocenters. The molecule has 7 nitrogen and oxygen atoms in total. The Morgan fingerprint density at radius 2 is 2.12 bits per heavy atom. The van der Waals surface area contributed by atoms with Crippen molar-refractivity contribution in [3.05, 3.63) is 35.0 Å². The number of ether oxygens (including phenoxy) is 1. The summed E-state index contributed by atoms with van der Waals surface area (Å²) in [4.78, 5) is 9.54. The predicted molar refractivity (Wildman–Crippen MR) is 97.5 cm³/mol. The Kier molecular flexibility index (Phi) is 5.99. The molecule has 1 aliphatic rings. The summed E-state index contributed by atoms with van der Waals surface area (Å²) in [5, 5.41) is 11.4. The van der Waals surface area contributed by atoms with Gasteiger partial charge in [-0.1, -0.05) is 6.92 Å². The second-order valence-corrected chi connectivity index (χ2v) is 6.29. The molecule has 2 aromatic heterocycles. The third-order valence-electron chi connectivity index (χ3n) is 4.60. The van der Waals surface area contributed by atoms with Gasteiger partial charge in [-0.15, -0.1) is 0 Å². The Balaban J connectivity index is 1.93. The molecule has 2 aromatic rings. The highest BCUT2D eigenvalue weighted by Crippen LogP contribution is 2.26. The molecule has 25 heavy (non-hydrogen) atoms. The van der Waals surface area contributed by atoms with Crippen LogP contribution in [0.3, 0.4) is 0 Å². The van der Waals surface area contributed by atoms with Crippen LogP contribution in [0.4, 0.5) is 5.82 Å². The summed E-state index contributed by atoms with van der Waals surface area (Å²) < 4.78 is 7.46. The SMILES string of the molecule is CCOCc1nc2c(c(NC(CC)c3ccnn3C)n1)CCNCC2. The maximum atomic E-state index is 5.54. The van der Waals surface area contributed by atoms with E-state index in [0.29, 0.717) is 13.2 Å². The van der Waals surface area contributed by atoms with Crippen LogP contribution in [-0.2, 0) is 31.2 Å². The first-order valence-electron chi connectivity index (χ1n) is 9.14. The highest BCUT2D eigenvalue weighted by molar-refractivity contribution is 5.49. The fourth-order valence-corrected chi connectivity index (χ4v) is 3.25. The standard InChI is InChI=1S/C18H28N6O/c1-4-14(16-8-11-20-24(16)3)22-18-13-6-9-19-10-7-15(13)21-17(23-18)12-25-5-2/h8,11,14,19H,4-7,9-10,12H2,1-3H3,(H,21,22,23). The van der Waals surface area contributed by atoms with Gasteiger partial charge in [0.05, 0.1) is 17.4 Å². The molecule has 0 amide bonds. The zero-order valence-electron chi connectivity index (χ0n) is 15.4. The largest absolute Gasteiger partial charge is 0.374 e. The number of aromatic nitrogens is 4. The van der Waals surface area contributed by atoms with E-state index in [1.165, 1.54) is 5.56 Å². The van der Waals surface area contributed by atoms with Crippen LogP contribution in [-0.4, -0.2) is 39.4 Å². The van der Waals surface area contributed by atoms with Crippen molar-refractivity contribution in [1.82, 2.24) is 25.1 Å². The normalized spacial score (nSPS) is 15.5. The van der Waals surface area contributed by atoms with E-state index in [1.54, 1.807) is 0 Å². The number of hydrogen-bond acceptors (Lipinski definition) is 6. The molecular formula is C18H28N6O. The number of anilines is 1. The summed E-state index contributed by atoms with van der Waals surface area (Å²) in [7, 11) is 1.98. The van der Waals surface area contributed by atoms with Gasteiger partial charge in [0.2, 0.25) is 0 Å². The molecule has 2 N–H and O–H groups in total. The van der Waals surface area contributed by atoms with Gasteiger partial charge in [-0.05, 0) is 32.4 Å². The molecule has 136 valence electrons. The maximum absolute atomic E-state index is 5.54. The zero-order chi connectivity index (χ0) is 17.6. The molecule has 0 bridgehead atoms. The van der Waals surface area contributed by atoms with E-state index in [9.17, 15) is 0 Å². The smallest absolute Gasteiger partial charge is 0.156 e. The number of fused-ring (bicyclic) bond motifs is 1. The minimum Gasteiger partial charge on any atom is -0.374 e. The molecule has 1 aliphatic heterocycles. The average Bonchev–Trinajstić information content (AvgIpc) is 2.90. The molecule has 0 fully saturated rings. The molecule has 0 saturated carbocycles. The average molecular weight is 344 g/mol. The van der Waals surface area contributed by atoms with Crippen LogP contribution in [0, 0.1) is 0 Å². The lowest BCUT2D eigenvalue weighted by molar-refractivity contribution is 0.128. The molecule has 0 saturated heterocycles. The van der Waals surface area contributed by atoms with Gasteiger partial charge in [-0.3, -0.25) is 4.68 Å². The summed E-state index contributed by atoms with van der Waals surface area (Å²) in [5.41, 5.74) is 3.52. The van der Waals surface area contributed by atoms with Crippen molar-refractivity contribution < 1.29 is 4.74 Å². The Labute approximate surface area is 149 Å². The fraction of sp³-hybridized carbons (Fsp3) is 0.611. The van der Waals surface area contributed by atoms with Crippen molar-refractivity contribution >= 4 is 5.82 Å². The second-order valence-electron chi connectivity index (χ2n) is 6.29. The van der Waals surface area contributed by atoms with Crippen molar-refractivity contribution in [3.63, 3.8) is 0 Å². The summed E-state index contributed by atoms with van der Waals surface area (Å²) >= 11 is 0. The van der Waals surface area contributed by atoms with Gasteiger partial charge in [-0.2, -0.15) is 5.10 Å². The van der Waals surface area contributed by atoms with Crippen LogP contribution in [0.15, 0.2) is 12.3 Å². The van der Waals surface area contributed by atoms with E-state index in [0.717, 1.165) is 55.4 Å². The first-order valence-corrected chi connectivity index (χ1v) is 9.14. The lowest BCUT2D eigenvalue weighted by Gasteiger charge is -2.21. The fourth-order valence-electron chi connectivity index (χ4n) is 3.25. The zero-order valence-corrected chi connectivity index (χ0v) is 15.4. The van der Waals surface area contributed by atoms with Gasteiger partial charge in [0, 0.05) is 38.4 Å². The lowest BCUT2D eigenvalue weighted by atomic mass is 10.1. The van der Waals surface area contributed by atoms with Gasteiger partial charge in [-0.25, -0.2) is 9.97 Å². The van der Waals surface area contributed by atoms with Gasteiger partial charge >= 0.3 is 0 Å². The summed E-state index contributed by atoms with van der Waals surface area (Å²) in [6.45, 7) is 7.19. The van der Waals surface area contributed by atoms with Gasteiger partial charge in [0.1, 0.15) is 12.4 Å². The van der Waals surface area contributed by atoms with Gasteiger partial charge in [0.15, 0.2) is 5.82 Å². The minimum absolute atomic E-state index is 0.169. The Bertz CT molecular complexity index is 699. The van der Waals surface area contributed by atoms with Crippen molar-refractivity contribution in [2.75, 3.05) is 25.0 Å². The van der Waals surface area contributed by atoms with E-state index in [2.05, 4.69) is 28.7 Å². The van der Waals surface area contributed by atoms with E-state index in [-0.39, 0.29) is 6.04 Å². The van der Waals surface area contributed by atoms with Crippen molar-refractivity contribution in [2.45, 2.75) is 45.8 Å². The first kappa shape index (κ1) is 17.8. The van der Waals surface area contributed by atoms with Crippen LogP contribution < -0.4 is 10.6 Å². The molecule has 0 spiro atoms. The molecular weight excluding hydrogens is 316 g/mol. The van der Waals surface area contributed by atoms with Gasteiger partial charge < -0.3 is 15.4 Å². The van der Waals surface area contributed by atoms with Crippen molar-refractivity contribution in [1.29, 1.82) is 0 Å². The molecule has 7 heteroatoms. The first-order chi connectivity index (χ1) is 12.2. The quantitative estimate of drug-likeness (QED) is 0.800. The second kappa shape index (κ2) is 8.40. The number of rotatable bonds is 7. The molecule has 3 rings (SSSR count). The third kappa shape index (κ3) is 4.16. The lowest BCUT2D eigenvalue weighted by Crippen LogP contribution is -2.18. The summed E-state index contributed by atoms with van der Waals surface area (Å²) in [6, 6.07) is 2.23. The van der Waals surface area contributed by atoms with Crippen molar-refractivity contribution in [3.8, 4) is 0 Å². The maximum Gasteiger partial charge on any atom is 0.156 e. The van der Waals surface area contributed by atoms with E-state index in [1.807, 2.05) is 24.9 Å². The van der Waals surface area contributed by atoms with E-state index >= 15 is 0 Å². The monoisotopic (exact) mass is 344 g/mol. The molecule has 1 atom stereocenters. The molecule has 3 heterocycles. The molecule has 0 radical (unpaired) electrons. The number of aryl methyl sites for hydroxylation is 1. The van der Waals surface area contributed by atoms with Gasteiger partial charge in [0.25, 0.3) is 0 Å². The van der Waals surface area contributed by atoms with Crippen LogP contribution in [0.5, 0.6) is 0 Å². The number of hydrogen-bond donors (Lipinski definition) is 2. The van der Waals surface area contributed by atoms with E-state index in [4.69, 9.17) is 14.7 Å². The van der Waals surface area contributed by atoms with E-state index < -0.39 is 0 Å². The summed E-state index contributed by atoms with van der Waals surface area (Å²) in [5.74, 6) is 1.70. The third-order valence-corrected chi connectivity index (χ3v) is 4.60. The highest BCUT2D eigenvalue weighted by Gasteiger charge is 2.20. The predicted octanol–water partition coefficient (Wildman–Crippen LogP) is 2.00. The minimum atomic E-state index is 0.169. The highest BCUT2D eigenvalue weighted by atomic mass is 16.5. The van der Waals surface area contributed by atoms with Crippen LogP contribution >= 0.6 is 0 Å². The van der Waals surface area contributed by atoms with Crippen molar-refractivity contribution in [2.24, 2.45) is 7.05 Å². The number of nitrogens with zero attached hydrogens (tertiary/aromatic N) is 4. The van der Waals surface area contributed by atoms with Crippen LogP contribution in [0.25, 0.3) is 0 Å². The Hall–Kier alpha value is -1.99. The Morgan fingerprint density at radius 3 is 2.84 bits per heavy atom. The van der Waals surface area contributed by atoms with Crippen LogP contribution in [0.2, 0.25) is 0 Å². The Morgan fingerprint density at radius 1 is 1.28 bits per heavy atom.